The Morgan fingerprint density at radius 3 is 1.90 bits per heavy atom. The molecule has 2 aromatic rings. The summed E-state index contributed by atoms with van der Waals surface area (Å²) in [5.74, 6) is 0. The molecule has 0 unspecified atom stereocenters. The molecule has 21 heavy (non-hydrogen) atoms. The second kappa shape index (κ2) is 4.90. The van der Waals surface area contributed by atoms with E-state index >= 15 is 0 Å². The minimum Gasteiger partial charge on any atom is -0.271 e. The van der Waals surface area contributed by atoms with Crippen molar-refractivity contribution >= 4 is 0 Å². The first-order valence-corrected chi connectivity index (χ1v) is 6.73. The van der Waals surface area contributed by atoms with Gasteiger partial charge in [-0.1, -0.05) is 32.9 Å². The van der Waals surface area contributed by atoms with Crippen molar-refractivity contribution in [3.8, 4) is 11.3 Å². The van der Waals surface area contributed by atoms with Gasteiger partial charge in [-0.15, -0.1) is 0 Å². The van der Waals surface area contributed by atoms with E-state index in [0.717, 1.165) is 29.1 Å². The van der Waals surface area contributed by atoms with Gasteiger partial charge in [-0.05, 0) is 24.6 Å². The van der Waals surface area contributed by atoms with Gasteiger partial charge in [0.2, 0.25) is 0 Å². The van der Waals surface area contributed by atoms with E-state index in [4.69, 9.17) is 0 Å². The molecule has 1 aromatic heterocycles. The second-order valence-corrected chi connectivity index (χ2v) is 6.27. The fourth-order valence-corrected chi connectivity index (χ4v) is 2.77. The van der Waals surface area contributed by atoms with Crippen molar-refractivity contribution in [2.45, 2.75) is 39.3 Å². The monoisotopic (exact) mass is 296 g/mol. The van der Waals surface area contributed by atoms with E-state index in [1.165, 1.54) is 12.1 Å². The quantitative estimate of drug-likeness (QED) is 0.745. The maximum atomic E-state index is 12.6. The molecule has 2 nitrogen and oxygen atoms in total. The van der Waals surface area contributed by atoms with Gasteiger partial charge in [-0.2, -0.15) is 18.3 Å². The Morgan fingerprint density at radius 2 is 1.52 bits per heavy atom. The summed E-state index contributed by atoms with van der Waals surface area (Å²) >= 11 is 0. The highest BCUT2D eigenvalue weighted by Gasteiger charge is 2.30. The van der Waals surface area contributed by atoms with E-state index in [9.17, 15) is 13.2 Å². The molecule has 0 aliphatic rings. The predicted octanol–water partition coefficient (Wildman–Crippen LogP) is 4.71. The van der Waals surface area contributed by atoms with Gasteiger partial charge in [0.1, 0.15) is 0 Å². The van der Waals surface area contributed by atoms with Crippen molar-refractivity contribution in [2.75, 3.05) is 0 Å². The number of rotatable bonds is 1. The molecule has 5 heteroatoms. The zero-order chi connectivity index (χ0) is 16.0. The number of benzene rings is 1. The summed E-state index contributed by atoms with van der Waals surface area (Å²) in [6.07, 6.45) is -4.31. The van der Waals surface area contributed by atoms with Gasteiger partial charge in [-0.25, -0.2) is 0 Å². The Kier molecular flexibility index (Phi) is 3.64. The van der Waals surface area contributed by atoms with Crippen LogP contribution in [0.2, 0.25) is 0 Å². The molecule has 0 atom stereocenters. The molecular formula is C16H19F3N2. The lowest BCUT2D eigenvalue weighted by Gasteiger charge is -2.20. The second-order valence-electron chi connectivity index (χ2n) is 6.27. The Balaban J connectivity index is 2.49. The Bertz CT molecular complexity index is 644. The number of aryl methyl sites for hydroxylation is 1. The lowest BCUT2D eigenvalue weighted by Crippen LogP contribution is -2.17. The van der Waals surface area contributed by atoms with Gasteiger partial charge < -0.3 is 0 Å². The van der Waals surface area contributed by atoms with Gasteiger partial charge in [0, 0.05) is 23.7 Å². The highest BCUT2D eigenvalue weighted by atomic mass is 19.4. The zero-order valence-electron chi connectivity index (χ0n) is 12.8. The van der Waals surface area contributed by atoms with E-state index in [0.29, 0.717) is 5.56 Å². The lowest BCUT2D eigenvalue weighted by molar-refractivity contribution is -0.137. The van der Waals surface area contributed by atoms with Crippen molar-refractivity contribution in [3.05, 3.63) is 41.1 Å². The van der Waals surface area contributed by atoms with Crippen LogP contribution in [0.3, 0.4) is 0 Å². The number of alkyl halides is 3. The maximum absolute atomic E-state index is 12.6. The summed E-state index contributed by atoms with van der Waals surface area (Å²) in [5, 5.41) is 4.47. The van der Waals surface area contributed by atoms with Gasteiger partial charge in [-0.3, -0.25) is 4.68 Å². The van der Waals surface area contributed by atoms with Crippen LogP contribution in [0.4, 0.5) is 13.2 Å². The molecule has 0 saturated carbocycles. The average Bonchev–Trinajstić information content (AvgIpc) is 2.63. The molecule has 0 radical (unpaired) electrons. The highest BCUT2D eigenvalue weighted by Crippen LogP contribution is 2.34. The van der Waals surface area contributed by atoms with Crippen molar-refractivity contribution in [3.63, 3.8) is 0 Å². The molecule has 1 aromatic carbocycles. The number of halogens is 3. The lowest BCUT2D eigenvalue weighted by atomic mass is 9.88. The highest BCUT2D eigenvalue weighted by molar-refractivity contribution is 5.64. The van der Waals surface area contributed by atoms with Crippen LogP contribution in [0, 0.1) is 6.92 Å². The number of aromatic nitrogens is 2. The number of hydrogen-bond acceptors (Lipinski definition) is 1. The molecular weight excluding hydrogens is 277 g/mol. The van der Waals surface area contributed by atoms with Crippen LogP contribution in [0.15, 0.2) is 24.3 Å². The molecule has 0 saturated heterocycles. The van der Waals surface area contributed by atoms with Crippen molar-refractivity contribution in [1.82, 2.24) is 9.78 Å². The minimum atomic E-state index is -4.31. The molecule has 2 rings (SSSR count). The number of hydrogen-bond donors (Lipinski definition) is 0. The van der Waals surface area contributed by atoms with E-state index in [2.05, 4.69) is 25.9 Å². The van der Waals surface area contributed by atoms with E-state index < -0.39 is 11.7 Å². The van der Waals surface area contributed by atoms with E-state index in [-0.39, 0.29) is 5.41 Å². The molecule has 114 valence electrons. The molecule has 0 fully saturated rings. The minimum absolute atomic E-state index is 0.0734. The molecule has 0 N–H and O–H groups in total. The summed E-state index contributed by atoms with van der Waals surface area (Å²) < 4.78 is 39.6. The van der Waals surface area contributed by atoms with Gasteiger partial charge in [0.05, 0.1) is 11.3 Å². The van der Waals surface area contributed by atoms with Crippen LogP contribution in [0.25, 0.3) is 11.3 Å². The van der Waals surface area contributed by atoms with Gasteiger partial charge in [0.15, 0.2) is 0 Å². The van der Waals surface area contributed by atoms with Gasteiger partial charge >= 0.3 is 6.18 Å². The third kappa shape index (κ3) is 2.96. The van der Waals surface area contributed by atoms with Crippen LogP contribution in [-0.2, 0) is 18.6 Å². The van der Waals surface area contributed by atoms with Crippen molar-refractivity contribution in [1.29, 1.82) is 0 Å². The van der Waals surface area contributed by atoms with E-state index in [1.54, 1.807) is 0 Å². The Morgan fingerprint density at radius 1 is 1.00 bits per heavy atom. The summed E-state index contributed by atoms with van der Waals surface area (Å²) in [7, 11) is 1.86. The first-order chi connectivity index (χ1) is 9.51. The SMILES string of the molecule is Cc1c(-c2ccc(C(F)(F)F)cc2)nn(C)c1C(C)(C)C. The third-order valence-corrected chi connectivity index (χ3v) is 3.48. The molecule has 0 bridgehead atoms. The summed E-state index contributed by atoms with van der Waals surface area (Å²) in [6.45, 7) is 8.23. The largest absolute Gasteiger partial charge is 0.416 e. The third-order valence-electron chi connectivity index (χ3n) is 3.48. The normalized spacial score (nSPS) is 12.8. The molecule has 0 spiro atoms. The predicted molar refractivity (Wildman–Crippen MR) is 77.1 cm³/mol. The summed E-state index contributed by atoms with van der Waals surface area (Å²) in [5.41, 5.74) is 2.80. The zero-order valence-corrected chi connectivity index (χ0v) is 12.8. The van der Waals surface area contributed by atoms with Crippen LogP contribution in [-0.4, -0.2) is 9.78 Å². The smallest absolute Gasteiger partial charge is 0.271 e. The van der Waals surface area contributed by atoms with Crippen LogP contribution < -0.4 is 0 Å². The topological polar surface area (TPSA) is 17.8 Å². The van der Waals surface area contributed by atoms with Crippen molar-refractivity contribution in [2.24, 2.45) is 7.05 Å². The number of nitrogens with zero attached hydrogens (tertiary/aromatic N) is 2. The maximum Gasteiger partial charge on any atom is 0.416 e. The Labute approximate surface area is 122 Å². The Hall–Kier alpha value is -1.78. The molecule has 0 aliphatic carbocycles. The molecule has 0 amide bonds. The standard InChI is InChI=1S/C16H19F3N2/c1-10-13(20-21(5)14(10)15(2,3)4)11-6-8-12(9-7-11)16(17,18)19/h6-9H,1-5H3. The fraction of sp³-hybridized carbons (Fsp3) is 0.438. The van der Waals surface area contributed by atoms with Crippen LogP contribution in [0.5, 0.6) is 0 Å². The van der Waals surface area contributed by atoms with Crippen LogP contribution in [0.1, 0.15) is 37.6 Å². The fourth-order valence-electron chi connectivity index (χ4n) is 2.77. The van der Waals surface area contributed by atoms with Gasteiger partial charge in [0.25, 0.3) is 0 Å². The summed E-state index contributed by atoms with van der Waals surface area (Å²) in [6, 6.07) is 5.15. The van der Waals surface area contributed by atoms with Crippen molar-refractivity contribution < 1.29 is 13.2 Å². The first kappa shape index (κ1) is 15.6. The van der Waals surface area contributed by atoms with Crippen LogP contribution >= 0.6 is 0 Å². The summed E-state index contributed by atoms with van der Waals surface area (Å²) in [4.78, 5) is 0. The molecule has 0 aliphatic heterocycles. The van der Waals surface area contributed by atoms with E-state index in [1.807, 2.05) is 18.7 Å². The molecule has 1 heterocycles. The first-order valence-electron chi connectivity index (χ1n) is 6.73. The average molecular weight is 296 g/mol.